The lowest BCUT2D eigenvalue weighted by molar-refractivity contribution is 0.223. The molecule has 0 bridgehead atoms. The van der Waals surface area contributed by atoms with Crippen LogP contribution in [0.1, 0.15) is 32.5 Å². The Hall–Kier alpha value is -0.640. The third-order valence-corrected chi connectivity index (χ3v) is 4.60. The molecule has 2 rings (SSSR count). The van der Waals surface area contributed by atoms with Gasteiger partial charge in [0.1, 0.15) is 6.10 Å². The SMILES string of the molecule is Cc1cc(C)c(C(O)c2cscc2C)s1. The summed E-state index contributed by atoms with van der Waals surface area (Å²) in [7, 11) is 0. The first-order valence-corrected chi connectivity index (χ1v) is 6.63. The van der Waals surface area contributed by atoms with Crippen LogP contribution in [-0.2, 0) is 0 Å². The lowest BCUT2D eigenvalue weighted by atomic mass is 10.1. The first kappa shape index (κ1) is 10.9. The van der Waals surface area contributed by atoms with Gasteiger partial charge in [0, 0.05) is 9.75 Å². The van der Waals surface area contributed by atoms with Crippen molar-refractivity contribution in [3.63, 3.8) is 0 Å². The minimum absolute atomic E-state index is 0.449. The number of thiophene rings is 2. The maximum absolute atomic E-state index is 10.3. The van der Waals surface area contributed by atoms with Gasteiger partial charge in [-0.05, 0) is 54.3 Å². The molecule has 0 aromatic carbocycles. The second-order valence-corrected chi connectivity index (χ2v) is 5.85. The fourth-order valence-corrected chi connectivity index (χ4v) is 3.63. The highest BCUT2D eigenvalue weighted by Crippen LogP contribution is 2.34. The van der Waals surface area contributed by atoms with Crippen LogP contribution >= 0.6 is 22.7 Å². The lowest BCUT2D eigenvalue weighted by Gasteiger charge is -2.09. The monoisotopic (exact) mass is 238 g/mol. The Kier molecular flexibility index (Phi) is 2.96. The van der Waals surface area contributed by atoms with E-state index in [0.717, 1.165) is 10.4 Å². The van der Waals surface area contributed by atoms with Crippen molar-refractivity contribution >= 4 is 22.7 Å². The van der Waals surface area contributed by atoms with Gasteiger partial charge in [-0.15, -0.1) is 11.3 Å². The Bertz CT molecular complexity index is 468. The normalized spacial score (nSPS) is 13.1. The van der Waals surface area contributed by atoms with E-state index in [-0.39, 0.29) is 0 Å². The van der Waals surface area contributed by atoms with Crippen molar-refractivity contribution in [3.05, 3.63) is 43.3 Å². The number of aliphatic hydroxyl groups is 1. The summed E-state index contributed by atoms with van der Waals surface area (Å²) in [5, 5.41) is 14.4. The highest BCUT2D eigenvalue weighted by molar-refractivity contribution is 7.12. The summed E-state index contributed by atoms with van der Waals surface area (Å²) in [6.07, 6.45) is -0.449. The van der Waals surface area contributed by atoms with Crippen molar-refractivity contribution in [3.8, 4) is 0 Å². The molecule has 80 valence electrons. The summed E-state index contributed by atoms with van der Waals surface area (Å²) >= 11 is 3.33. The number of hydrogen-bond donors (Lipinski definition) is 1. The molecule has 0 aliphatic carbocycles. The first-order valence-electron chi connectivity index (χ1n) is 4.87. The summed E-state index contributed by atoms with van der Waals surface area (Å²) in [5.41, 5.74) is 3.42. The Balaban J connectivity index is 2.40. The van der Waals surface area contributed by atoms with Crippen LogP contribution in [-0.4, -0.2) is 5.11 Å². The summed E-state index contributed by atoms with van der Waals surface area (Å²) in [6.45, 7) is 6.18. The molecule has 0 radical (unpaired) electrons. The number of rotatable bonds is 2. The van der Waals surface area contributed by atoms with Crippen molar-refractivity contribution < 1.29 is 5.11 Å². The van der Waals surface area contributed by atoms with Gasteiger partial charge in [-0.25, -0.2) is 0 Å². The molecule has 1 N–H and O–H groups in total. The highest BCUT2D eigenvalue weighted by atomic mass is 32.1. The van der Waals surface area contributed by atoms with Crippen molar-refractivity contribution in [2.45, 2.75) is 26.9 Å². The van der Waals surface area contributed by atoms with E-state index >= 15 is 0 Å². The van der Waals surface area contributed by atoms with Gasteiger partial charge < -0.3 is 5.11 Å². The van der Waals surface area contributed by atoms with Crippen LogP contribution in [0.25, 0.3) is 0 Å². The van der Waals surface area contributed by atoms with Crippen LogP contribution in [0.5, 0.6) is 0 Å². The van der Waals surface area contributed by atoms with Crippen molar-refractivity contribution in [2.24, 2.45) is 0 Å². The van der Waals surface area contributed by atoms with Gasteiger partial charge >= 0.3 is 0 Å². The van der Waals surface area contributed by atoms with Gasteiger partial charge in [0.15, 0.2) is 0 Å². The largest absolute Gasteiger partial charge is 0.383 e. The molecule has 15 heavy (non-hydrogen) atoms. The molecule has 1 unspecified atom stereocenters. The molecule has 1 atom stereocenters. The second-order valence-electron chi connectivity index (χ2n) is 3.82. The summed E-state index contributed by atoms with van der Waals surface area (Å²) < 4.78 is 0. The zero-order chi connectivity index (χ0) is 11.0. The van der Waals surface area contributed by atoms with Crippen LogP contribution in [0.3, 0.4) is 0 Å². The number of hydrogen-bond acceptors (Lipinski definition) is 3. The summed E-state index contributed by atoms with van der Waals surface area (Å²) in [6, 6.07) is 2.13. The minimum atomic E-state index is -0.449. The predicted molar refractivity (Wildman–Crippen MR) is 66.9 cm³/mol. The van der Waals surface area contributed by atoms with Crippen LogP contribution in [0.4, 0.5) is 0 Å². The molecule has 2 heterocycles. The van der Waals surface area contributed by atoms with Gasteiger partial charge in [-0.1, -0.05) is 0 Å². The highest BCUT2D eigenvalue weighted by Gasteiger charge is 2.17. The van der Waals surface area contributed by atoms with E-state index in [2.05, 4.69) is 25.3 Å². The summed E-state index contributed by atoms with van der Waals surface area (Å²) in [5.74, 6) is 0. The molecule has 2 aromatic heterocycles. The smallest absolute Gasteiger partial charge is 0.115 e. The van der Waals surface area contributed by atoms with Crippen LogP contribution < -0.4 is 0 Å². The maximum Gasteiger partial charge on any atom is 0.115 e. The average Bonchev–Trinajstić information content (AvgIpc) is 2.71. The molecule has 0 aliphatic heterocycles. The van der Waals surface area contributed by atoms with E-state index in [0.29, 0.717) is 0 Å². The predicted octanol–water partition coefficient (Wildman–Crippen LogP) is 3.82. The van der Waals surface area contributed by atoms with Crippen LogP contribution in [0, 0.1) is 20.8 Å². The summed E-state index contributed by atoms with van der Waals surface area (Å²) in [4.78, 5) is 2.34. The number of aliphatic hydroxyl groups excluding tert-OH is 1. The molecule has 0 amide bonds. The average molecular weight is 238 g/mol. The van der Waals surface area contributed by atoms with E-state index in [1.165, 1.54) is 16.0 Å². The van der Waals surface area contributed by atoms with Crippen LogP contribution in [0.2, 0.25) is 0 Å². The molecular formula is C12H14OS2. The fourth-order valence-electron chi connectivity index (χ4n) is 1.72. The molecule has 0 fully saturated rings. The van der Waals surface area contributed by atoms with Crippen LogP contribution in [0.15, 0.2) is 16.8 Å². The van der Waals surface area contributed by atoms with E-state index in [1.54, 1.807) is 22.7 Å². The molecule has 3 heteroatoms. The topological polar surface area (TPSA) is 20.2 Å². The zero-order valence-corrected chi connectivity index (χ0v) is 10.7. The van der Waals surface area contributed by atoms with E-state index in [9.17, 15) is 5.11 Å². The second kappa shape index (κ2) is 4.08. The fraction of sp³-hybridized carbons (Fsp3) is 0.333. The van der Waals surface area contributed by atoms with E-state index < -0.39 is 6.10 Å². The number of aryl methyl sites for hydroxylation is 3. The Morgan fingerprint density at radius 2 is 1.87 bits per heavy atom. The Morgan fingerprint density at radius 3 is 2.33 bits per heavy atom. The van der Waals surface area contributed by atoms with Gasteiger partial charge in [-0.3, -0.25) is 0 Å². The van der Waals surface area contributed by atoms with E-state index in [4.69, 9.17) is 0 Å². The molecule has 0 saturated heterocycles. The minimum Gasteiger partial charge on any atom is -0.383 e. The molecule has 1 nitrogen and oxygen atoms in total. The van der Waals surface area contributed by atoms with Gasteiger partial charge in [0.25, 0.3) is 0 Å². The van der Waals surface area contributed by atoms with E-state index in [1.807, 2.05) is 12.3 Å². The first-order chi connectivity index (χ1) is 7.09. The van der Waals surface area contributed by atoms with Crippen molar-refractivity contribution in [2.75, 3.05) is 0 Å². The third-order valence-electron chi connectivity index (χ3n) is 2.52. The quantitative estimate of drug-likeness (QED) is 0.843. The molecule has 0 spiro atoms. The van der Waals surface area contributed by atoms with Gasteiger partial charge in [-0.2, -0.15) is 11.3 Å². The Morgan fingerprint density at radius 1 is 1.13 bits per heavy atom. The molecular weight excluding hydrogens is 224 g/mol. The van der Waals surface area contributed by atoms with Crippen molar-refractivity contribution in [1.29, 1.82) is 0 Å². The molecule has 0 aliphatic rings. The molecule has 0 saturated carbocycles. The maximum atomic E-state index is 10.3. The lowest BCUT2D eigenvalue weighted by Crippen LogP contribution is -1.98. The van der Waals surface area contributed by atoms with Gasteiger partial charge in [0.2, 0.25) is 0 Å². The van der Waals surface area contributed by atoms with Gasteiger partial charge in [0.05, 0.1) is 0 Å². The zero-order valence-electron chi connectivity index (χ0n) is 9.07. The van der Waals surface area contributed by atoms with Crippen molar-refractivity contribution in [1.82, 2.24) is 0 Å². The standard InChI is InChI=1S/C12H14OS2/c1-7-4-9(3)15-12(7)11(13)10-6-14-5-8(10)2/h4-6,11,13H,1-3H3. The molecule has 2 aromatic rings. The third kappa shape index (κ3) is 2.00. The Labute approximate surface area is 98.0 Å².